The number of nitrogens with zero attached hydrogens (tertiary/aromatic N) is 3. The van der Waals surface area contributed by atoms with Gasteiger partial charge in [0, 0.05) is 50.6 Å². The molecule has 0 aliphatic rings. The zero-order valence-electron chi connectivity index (χ0n) is 18.9. The van der Waals surface area contributed by atoms with Crippen LogP contribution in [-0.2, 0) is 22.4 Å². The Morgan fingerprint density at radius 1 is 1.06 bits per heavy atom. The van der Waals surface area contributed by atoms with Gasteiger partial charge in [0.1, 0.15) is 5.82 Å². The number of amides is 1. The van der Waals surface area contributed by atoms with Gasteiger partial charge in [0.25, 0.3) is 0 Å². The molecule has 0 aliphatic heterocycles. The molecule has 0 aliphatic carbocycles. The fourth-order valence-corrected chi connectivity index (χ4v) is 4.15. The van der Waals surface area contributed by atoms with E-state index >= 15 is 0 Å². The maximum Gasteiger partial charge on any atom is 0.221 e. The molecule has 1 N–H and O–H groups in total. The van der Waals surface area contributed by atoms with Crippen molar-refractivity contribution in [2.45, 2.75) is 38.6 Å². The van der Waals surface area contributed by atoms with Crippen molar-refractivity contribution in [3.63, 3.8) is 0 Å². The van der Waals surface area contributed by atoms with E-state index in [-0.39, 0.29) is 11.9 Å². The normalized spacial score (nSPS) is 11.8. The highest BCUT2D eigenvalue weighted by Crippen LogP contribution is 2.19. The number of ether oxygens (including phenoxy) is 1. The lowest BCUT2D eigenvalue weighted by molar-refractivity contribution is -0.121. The first-order valence-corrected chi connectivity index (χ1v) is 11.8. The summed E-state index contributed by atoms with van der Waals surface area (Å²) in [7, 11) is 1.68. The number of hydrogen-bond acceptors (Lipinski definition) is 6. The summed E-state index contributed by atoms with van der Waals surface area (Å²) in [5.74, 6) is 0.861. The van der Waals surface area contributed by atoms with Gasteiger partial charge in [-0.05, 0) is 30.9 Å². The summed E-state index contributed by atoms with van der Waals surface area (Å²) < 4.78 is 9.77. The van der Waals surface area contributed by atoms with Crippen molar-refractivity contribution >= 4 is 22.6 Å². The molecule has 3 rings (SSSR count). The average molecular weight is 453 g/mol. The van der Waals surface area contributed by atoms with Crippen molar-refractivity contribution in [2.24, 2.45) is 0 Å². The number of aromatic nitrogens is 2. The van der Waals surface area contributed by atoms with Crippen molar-refractivity contribution in [3.05, 3.63) is 77.6 Å². The highest BCUT2D eigenvalue weighted by Gasteiger charge is 2.15. The molecule has 1 atom stereocenters. The number of methoxy groups -OCH3 is 1. The molecule has 0 spiro atoms. The number of benzene rings is 2. The average Bonchev–Trinajstić information content (AvgIpc) is 3.27. The molecule has 0 saturated carbocycles. The topological polar surface area (TPSA) is 67.3 Å². The summed E-state index contributed by atoms with van der Waals surface area (Å²) in [6, 6.07) is 20.7. The fourth-order valence-electron chi connectivity index (χ4n) is 3.41. The van der Waals surface area contributed by atoms with Crippen LogP contribution >= 0.6 is 11.5 Å². The molecule has 170 valence electrons. The molecule has 0 saturated heterocycles. The van der Waals surface area contributed by atoms with Crippen LogP contribution in [0.1, 0.15) is 36.7 Å². The first-order valence-electron chi connectivity index (χ1n) is 11.1. The van der Waals surface area contributed by atoms with E-state index < -0.39 is 0 Å². The Kier molecular flexibility index (Phi) is 9.65. The Labute approximate surface area is 194 Å². The van der Waals surface area contributed by atoms with E-state index in [1.807, 2.05) is 36.4 Å². The first kappa shape index (κ1) is 23.9. The van der Waals surface area contributed by atoms with Crippen LogP contribution in [0.5, 0.6) is 0 Å². The fraction of sp³-hybridized carbons (Fsp3) is 0.400. The predicted octanol–water partition coefficient (Wildman–Crippen LogP) is 4.11. The van der Waals surface area contributed by atoms with Gasteiger partial charge in [-0.3, -0.25) is 4.79 Å². The van der Waals surface area contributed by atoms with Crippen LogP contribution in [0.25, 0.3) is 0 Å². The third-order valence-electron chi connectivity index (χ3n) is 5.22. The second-order valence-electron chi connectivity index (χ2n) is 7.88. The van der Waals surface area contributed by atoms with E-state index in [1.165, 1.54) is 22.7 Å². The molecule has 1 amide bonds. The Hall–Kier alpha value is -2.77. The van der Waals surface area contributed by atoms with Gasteiger partial charge >= 0.3 is 0 Å². The summed E-state index contributed by atoms with van der Waals surface area (Å²) in [6.07, 6.45) is 2.99. The molecular weight excluding hydrogens is 420 g/mol. The predicted molar refractivity (Wildman–Crippen MR) is 130 cm³/mol. The molecule has 6 nitrogen and oxygen atoms in total. The smallest absolute Gasteiger partial charge is 0.221 e. The zero-order valence-corrected chi connectivity index (χ0v) is 19.7. The van der Waals surface area contributed by atoms with Crippen LogP contribution in [0.15, 0.2) is 60.7 Å². The quantitative estimate of drug-likeness (QED) is 0.423. The van der Waals surface area contributed by atoms with Gasteiger partial charge in [0.05, 0.1) is 6.61 Å². The lowest BCUT2D eigenvalue weighted by atomic mass is 10.1. The van der Waals surface area contributed by atoms with Gasteiger partial charge in [-0.1, -0.05) is 60.7 Å². The van der Waals surface area contributed by atoms with Crippen molar-refractivity contribution in [1.29, 1.82) is 0 Å². The molecule has 1 unspecified atom stereocenters. The van der Waals surface area contributed by atoms with Crippen LogP contribution in [-0.4, -0.2) is 48.1 Å². The first-order chi connectivity index (χ1) is 15.6. The number of carbonyl (C=O) groups excluding carboxylic acids is 1. The van der Waals surface area contributed by atoms with Gasteiger partial charge in [0.2, 0.25) is 11.0 Å². The lowest BCUT2D eigenvalue weighted by Gasteiger charge is -2.21. The maximum atomic E-state index is 12.5. The van der Waals surface area contributed by atoms with Gasteiger partial charge in [0.15, 0.2) is 0 Å². The van der Waals surface area contributed by atoms with E-state index in [2.05, 4.69) is 45.8 Å². The molecule has 1 heterocycles. The minimum Gasteiger partial charge on any atom is -0.383 e. The van der Waals surface area contributed by atoms with E-state index in [1.54, 1.807) is 7.11 Å². The summed E-state index contributed by atoms with van der Waals surface area (Å²) in [6.45, 7) is 3.89. The second kappa shape index (κ2) is 12.9. The Morgan fingerprint density at radius 2 is 1.75 bits per heavy atom. The van der Waals surface area contributed by atoms with Crippen LogP contribution in [0, 0.1) is 0 Å². The van der Waals surface area contributed by atoms with Crippen molar-refractivity contribution in [3.8, 4) is 0 Å². The van der Waals surface area contributed by atoms with E-state index in [4.69, 9.17) is 9.72 Å². The monoisotopic (exact) mass is 452 g/mol. The number of carbonyl (C=O) groups is 1. The largest absolute Gasteiger partial charge is 0.383 e. The van der Waals surface area contributed by atoms with Crippen molar-refractivity contribution in [1.82, 2.24) is 14.7 Å². The Morgan fingerprint density at radius 3 is 2.44 bits per heavy atom. The Bertz CT molecular complexity index is 933. The molecule has 0 fully saturated rings. The molecule has 0 bridgehead atoms. The van der Waals surface area contributed by atoms with Crippen molar-refractivity contribution in [2.75, 3.05) is 31.7 Å². The molecular formula is C25H32N4O2S. The molecule has 32 heavy (non-hydrogen) atoms. The number of hydrogen-bond donors (Lipinski definition) is 1. The molecule has 2 aromatic carbocycles. The lowest BCUT2D eigenvalue weighted by Crippen LogP contribution is -2.36. The van der Waals surface area contributed by atoms with Crippen LogP contribution in [0.4, 0.5) is 5.13 Å². The number of nitrogens with one attached hydrogen (secondary N) is 1. The number of rotatable bonds is 13. The van der Waals surface area contributed by atoms with Gasteiger partial charge in [-0.2, -0.15) is 4.37 Å². The van der Waals surface area contributed by atoms with Gasteiger partial charge < -0.3 is 15.0 Å². The van der Waals surface area contributed by atoms with Crippen molar-refractivity contribution < 1.29 is 9.53 Å². The summed E-state index contributed by atoms with van der Waals surface area (Å²) >= 11 is 1.38. The van der Waals surface area contributed by atoms with Gasteiger partial charge in [-0.15, -0.1) is 0 Å². The van der Waals surface area contributed by atoms with Crippen LogP contribution in [0.3, 0.4) is 0 Å². The summed E-state index contributed by atoms with van der Waals surface area (Å²) in [5.41, 5.74) is 2.48. The Balaban J connectivity index is 1.49. The molecule has 0 radical (unpaired) electrons. The highest BCUT2D eigenvalue weighted by molar-refractivity contribution is 7.09. The van der Waals surface area contributed by atoms with Crippen LogP contribution in [0.2, 0.25) is 0 Å². The molecule has 1 aromatic heterocycles. The highest BCUT2D eigenvalue weighted by atomic mass is 32.1. The van der Waals surface area contributed by atoms with E-state index in [0.717, 1.165) is 23.8 Å². The molecule has 3 aromatic rings. The summed E-state index contributed by atoms with van der Waals surface area (Å²) in [5, 5.41) is 3.95. The SMILES string of the molecule is COCCN(CCC(=O)NC(C)CCc1ccccc1)c1nc(Cc2ccccc2)ns1. The van der Waals surface area contributed by atoms with E-state index in [0.29, 0.717) is 32.5 Å². The third kappa shape index (κ3) is 8.05. The summed E-state index contributed by atoms with van der Waals surface area (Å²) in [4.78, 5) is 19.3. The van der Waals surface area contributed by atoms with Gasteiger partial charge in [-0.25, -0.2) is 4.98 Å². The standard InChI is InChI=1S/C25H32N4O2S/c1-20(13-14-21-9-5-3-6-10-21)26-24(30)15-16-29(17-18-31-2)25-27-23(28-32-25)19-22-11-7-4-8-12-22/h3-12,20H,13-19H2,1-2H3,(H,26,30). The third-order valence-corrected chi connectivity index (χ3v) is 6.04. The minimum atomic E-state index is 0.0574. The van der Waals surface area contributed by atoms with E-state index in [9.17, 15) is 4.79 Å². The zero-order chi connectivity index (χ0) is 22.6. The molecule has 7 heteroatoms. The minimum absolute atomic E-state index is 0.0574. The maximum absolute atomic E-state index is 12.5. The number of anilines is 1. The van der Waals surface area contributed by atoms with Crippen LogP contribution < -0.4 is 10.2 Å². The number of aryl methyl sites for hydroxylation is 1. The second-order valence-corrected chi connectivity index (χ2v) is 8.61.